The Labute approximate surface area is 241 Å². The van der Waals surface area contributed by atoms with E-state index in [0.29, 0.717) is 22.1 Å². The molecule has 0 aliphatic carbocycles. The molecule has 40 heavy (non-hydrogen) atoms. The molecule has 0 spiro atoms. The quantitative estimate of drug-likeness (QED) is 0.178. The molecule has 0 radical (unpaired) electrons. The second-order valence-corrected chi connectivity index (χ2v) is 11.3. The average molecular weight is 566 g/mol. The number of thiazole rings is 1. The van der Waals surface area contributed by atoms with Crippen molar-refractivity contribution in [1.29, 1.82) is 0 Å². The third-order valence-electron chi connectivity index (χ3n) is 6.09. The first-order valence-corrected chi connectivity index (χ1v) is 14.3. The van der Waals surface area contributed by atoms with Crippen molar-refractivity contribution in [3.63, 3.8) is 0 Å². The number of carbonyl (C=O) groups excluding carboxylic acids is 2. The number of rotatable bonds is 9. The Kier molecular flexibility index (Phi) is 8.59. The number of nitrogens with one attached hydrogen (secondary N) is 2. The number of nitrogens with zero attached hydrogens (tertiary/aromatic N) is 1. The molecule has 2 amide bonds. The average Bonchev–Trinajstić information content (AvgIpc) is 3.36. The standard InChI is InChI=1S/C32H27N3O3S2/c1-21-28(22-11-5-3-6-12-22)34-32(39-21)35-31(37)29(23-13-7-4-8-14-23)40-27-18-10-16-25(20-27)33-30(36)24-15-9-17-26(19-24)38-2/h3-20,29H,1-2H3,(H,33,36)(H,34,35,37). The molecule has 0 aliphatic rings. The molecular weight excluding hydrogens is 539 g/mol. The normalized spacial score (nSPS) is 11.4. The zero-order valence-electron chi connectivity index (χ0n) is 22.0. The van der Waals surface area contributed by atoms with Gasteiger partial charge in [-0.2, -0.15) is 0 Å². The lowest BCUT2D eigenvalue weighted by molar-refractivity contribution is -0.115. The number of carbonyl (C=O) groups is 2. The fourth-order valence-electron chi connectivity index (χ4n) is 4.14. The number of anilines is 2. The zero-order valence-corrected chi connectivity index (χ0v) is 23.6. The van der Waals surface area contributed by atoms with Gasteiger partial charge in [-0.15, -0.1) is 23.1 Å². The maximum atomic E-state index is 13.6. The lowest BCUT2D eigenvalue weighted by Gasteiger charge is -2.17. The number of aromatic nitrogens is 1. The molecule has 1 aromatic heterocycles. The van der Waals surface area contributed by atoms with Crippen LogP contribution < -0.4 is 15.4 Å². The number of aryl methyl sites for hydroxylation is 1. The van der Waals surface area contributed by atoms with E-state index in [-0.39, 0.29) is 11.8 Å². The predicted octanol–water partition coefficient (Wildman–Crippen LogP) is 7.85. The van der Waals surface area contributed by atoms with Crippen molar-refractivity contribution in [3.8, 4) is 17.0 Å². The summed E-state index contributed by atoms with van der Waals surface area (Å²) >= 11 is 2.87. The summed E-state index contributed by atoms with van der Waals surface area (Å²) < 4.78 is 5.23. The number of hydrogen-bond donors (Lipinski definition) is 2. The lowest BCUT2D eigenvalue weighted by atomic mass is 10.1. The van der Waals surface area contributed by atoms with Gasteiger partial charge in [0.15, 0.2) is 5.13 Å². The van der Waals surface area contributed by atoms with Crippen molar-refractivity contribution >= 4 is 45.7 Å². The summed E-state index contributed by atoms with van der Waals surface area (Å²) in [6.45, 7) is 2.00. The summed E-state index contributed by atoms with van der Waals surface area (Å²) in [5.41, 5.74) is 3.87. The van der Waals surface area contributed by atoms with Crippen molar-refractivity contribution < 1.29 is 14.3 Å². The Hall–Kier alpha value is -4.40. The van der Waals surface area contributed by atoms with E-state index in [9.17, 15) is 9.59 Å². The fourth-order valence-corrected chi connectivity index (χ4v) is 6.06. The Morgan fingerprint density at radius 3 is 2.33 bits per heavy atom. The van der Waals surface area contributed by atoms with Gasteiger partial charge in [0, 0.05) is 26.6 Å². The molecule has 2 N–H and O–H groups in total. The molecule has 200 valence electrons. The SMILES string of the molecule is COc1cccc(C(=O)Nc2cccc(SC(C(=O)Nc3nc(-c4ccccc4)c(C)s3)c3ccccc3)c2)c1. The molecule has 0 fully saturated rings. The molecule has 0 saturated carbocycles. The lowest BCUT2D eigenvalue weighted by Crippen LogP contribution is -2.19. The molecule has 0 aliphatic heterocycles. The van der Waals surface area contributed by atoms with Gasteiger partial charge in [0.2, 0.25) is 5.91 Å². The molecule has 5 aromatic rings. The summed E-state index contributed by atoms with van der Waals surface area (Å²) in [6, 6.07) is 34.0. The van der Waals surface area contributed by atoms with Crippen LogP contribution in [0.15, 0.2) is 114 Å². The Morgan fingerprint density at radius 1 is 0.850 bits per heavy atom. The summed E-state index contributed by atoms with van der Waals surface area (Å²) in [5.74, 6) is 0.196. The Bertz CT molecular complexity index is 1620. The van der Waals surface area contributed by atoms with Crippen molar-refractivity contribution in [3.05, 3.63) is 125 Å². The van der Waals surface area contributed by atoms with Gasteiger partial charge in [-0.25, -0.2) is 4.98 Å². The number of thioether (sulfide) groups is 1. The van der Waals surface area contributed by atoms with Gasteiger partial charge in [-0.05, 0) is 48.9 Å². The van der Waals surface area contributed by atoms with Crippen molar-refractivity contribution in [2.45, 2.75) is 17.1 Å². The van der Waals surface area contributed by atoms with E-state index in [1.165, 1.54) is 23.1 Å². The first kappa shape index (κ1) is 27.2. The van der Waals surface area contributed by atoms with E-state index in [0.717, 1.165) is 26.6 Å². The highest BCUT2D eigenvalue weighted by atomic mass is 32.2. The minimum absolute atomic E-state index is 0.171. The fraction of sp³-hybridized carbons (Fsp3) is 0.0938. The van der Waals surface area contributed by atoms with Crippen LogP contribution in [0.2, 0.25) is 0 Å². The molecule has 1 unspecified atom stereocenters. The molecule has 0 saturated heterocycles. The summed E-state index contributed by atoms with van der Waals surface area (Å²) in [5, 5.41) is 6.00. The smallest absolute Gasteiger partial charge is 0.255 e. The maximum Gasteiger partial charge on any atom is 0.255 e. The number of hydrogen-bond acceptors (Lipinski definition) is 6. The zero-order chi connectivity index (χ0) is 27.9. The molecular formula is C32H27N3O3S2. The van der Waals surface area contributed by atoms with Crippen LogP contribution in [0.25, 0.3) is 11.3 Å². The van der Waals surface area contributed by atoms with Crippen molar-refractivity contribution in [1.82, 2.24) is 4.98 Å². The van der Waals surface area contributed by atoms with Crippen molar-refractivity contribution in [2.24, 2.45) is 0 Å². The molecule has 5 rings (SSSR count). The summed E-state index contributed by atoms with van der Waals surface area (Å²) in [4.78, 5) is 33.1. The maximum absolute atomic E-state index is 13.6. The topological polar surface area (TPSA) is 80.3 Å². The van der Waals surface area contributed by atoms with E-state index in [1.807, 2.05) is 91.9 Å². The highest BCUT2D eigenvalue weighted by Crippen LogP contribution is 2.38. The largest absolute Gasteiger partial charge is 0.497 e. The first-order chi connectivity index (χ1) is 19.5. The molecule has 8 heteroatoms. The third-order valence-corrected chi connectivity index (χ3v) is 8.23. The first-order valence-electron chi connectivity index (χ1n) is 12.6. The van der Waals surface area contributed by atoms with Crippen LogP contribution in [0.5, 0.6) is 5.75 Å². The molecule has 6 nitrogen and oxygen atoms in total. The van der Waals surface area contributed by atoms with Gasteiger partial charge in [0.25, 0.3) is 5.91 Å². The van der Waals surface area contributed by atoms with E-state index < -0.39 is 5.25 Å². The summed E-state index contributed by atoms with van der Waals surface area (Å²) in [7, 11) is 1.56. The van der Waals surface area contributed by atoms with E-state index in [1.54, 1.807) is 31.4 Å². The van der Waals surface area contributed by atoms with Gasteiger partial charge in [-0.3, -0.25) is 9.59 Å². The van der Waals surface area contributed by atoms with Crippen LogP contribution in [0.1, 0.15) is 26.0 Å². The molecule has 1 atom stereocenters. The summed E-state index contributed by atoms with van der Waals surface area (Å²) in [6.07, 6.45) is 0. The second-order valence-electron chi connectivity index (χ2n) is 8.90. The van der Waals surface area contributed by atoms with Gasteiger partial charge in [0.05, 0.1) is 12.8 Å². The number of methoxy groups -OCH3 is 1. The Morgan fingerprint density at radius 2 is 1.57 bits per heavy atom. The molecule has 4 aromatic carbocycles. The van der Waals surface area contributed by atoms with Crippen LogP contribution in [-0.4, -0.2) is 23.9 Å². The number of ether oxygens (including phenoxy) is 1. The number of benzene rings is 4. The molecule has 1 heterocycles. The minimum Gasteiger partial charge on any atom is -0.497 e. The Balaban J connectivity index is 1.35. The van der Waals surface area contributed by atoms with Crippen LogP contribution in [0.4, 0.5) is 10.8 Å². The van der Waals surface area contributed by atoms with Gasteiger partial charge >= 0.3 is 0 Å². The number of amides is 2. The predicted molar refractivity (Wildman–Crippen MR) is 163 cm³/mol. The van der Waals surface area contributed by atoms with Crippen LogP contribution in [-0.2, 0) is 4.79 Å². The minimum atomic E-state index is -0.532. The van der Waals surface area contributed by atoms with Crippen LogP contribution in [0, 0.1) is 6.92 Å². The third kappa shape index (κ3) is 6.59. The van der Waals surface area contributed by atoms with Crippen molar-refractivity contribution in [2.75, 3.05) is 17.7 Å². The van der Waals surface area contributed by atoms with Crippen LogP contribution >= 0.6 is 23.1 Å². The monoisotopic (exact) mass is 565 g/mol. The second kappa shape index (κ2) is 12.6. The van der Waals surface area contributed by atoms with Crippen LogP contribution in [0.3, 0.4) is 0 Å². The van der Waals surface area contributed by atoms with E-state index >= 15 is 0 Å². The van der Waals surface area contributed by atoms with Gasteiger partial charge in [0.1, 0.15) is 11.0 Å². The van der Waals surface area contributed by atoms with Gasteiger partial charge in [-0.1, -0.05) is 72.8 Å². The van der Waals surface area contributed by atoms with Gasteiger partial charge < -0.3 is 15.4 Å². The molecule has 0 bridgehead atoms. The van der Waals surface area contributed by atoms with E-state index in [2.05, 4.69) is 10.6 Å². The highest BCUT2D eigenvalue weighted by Gasteiger charge is 2.24. The highest BCUT2D eigenvalue weighted by molar-refractivity contribution is 8.00. The van der Waals surface area contributed by atoms with E-state index in [4.69, 9.17) is 9.72 Å².